The Morgan fingerprint density at radius 3 is 3.00 bits per heavy atom. The van der Waals surface area contributed by atoms with Crippen molar-refractivity contribution in [2.45, 2.75) is 0 Å². The van der Waals surface area contributed by atoms with Gasteiger partial charge in [0.2, 0.25) is 6.41 Å². The number of hydrogen-bond donors (Lipinski definition) is 3. The zero-order valence-corrected chi connectivity index (χ0v) is 7.90. The number of phenols is 1. The summed E-state index contributed by atoms with van der Waals surface area (Å²) in [6.07, 6.45) is 5.51. The molecule has 1 amide bonds. The molecule has 2 rings (SSSR count). The molecule has 0 bridgehead atoms. The van der Waals surface area contributed by atoms with E-state index in [-0.39, 0.29) is 5.75 Å². The zero-order valence-electron chi connectivity index (χ0n) is 7.90. The minimum Gasteiger partial charge on any atom is -0.507 e. The van der Waals surface area contributed by atoms with Gasteiger partial charge in [0.05, 0.1) is 0 Å². The van der Waals surface area contributed by atoms with Crippen LogP contribution in [0.1, 0.15) is 5.56 Å². The molecule has 0 aliphatic carbocycles. The maximum Gasteiger partial charge on any atom is 0.211 e. The number of H-pyrrole nitrogens is 1. The van der Waals surface area contributed by atoms with Gasteiger partial charge in [-0.05, 0) is 24.3 Å². The summed E-state index contributed by atoms with van der Waals surface area (Å²) in [5, 5.41) is 13.0. The molecule has 0 aliphatic heterocycles. The predicted octanol–water partition coefficient (Wildman–Crippen LogP) is 1.59. The highest BCUT2D eigenvalue weighted by atomic mass is 16.3. The van der Waals surface area contributed by atoms with Gasteiger partial charge in [0.25, 0.3) is 0 Å². The molecule has 1 heterocycles. The highest BCUT2D eigenvalue weighted by Crippen LogP contribution is 2.27. The molecule has 2 aromatic rings. The third-order valence-electron chi connectivity index (χ3n) is 2.17. The van der Waals surface area contributed by atoms with Gasteiger partial charge in [-0.1, -0.05) is 0 Å². The second kappa shape index (κ2) is 3.88. The van der Waals surface area contributed by atoms with E-state index in [0.29, 0.717) is 12.0 Å². The molecule has 0 radical (unpaired) electrons. The fourth-order valence-electron chi connectivity index (χ4n) is 1.49. The number of nitrogens with one attached hydrogen (secondary N) is 2. The van der Waals surface area contributed by atoms with Gasteiger partial charge in [0.1, 0.15) is 5.75 Å². The van der Waals surface area contributed by atoms with Crippen molar-refractivity contribution < 1.29 is 9.90 Å². The van der Waals surface area contributed by atoms with Gasteiger partial charge >= 0.3 is 0 Å². The Morgan fingerprint density at radius 2 is 2.20 bits per heavy atom. The molecule has 4 nitrogen and oxygen atoms in total. The number of carbonyl (C=O) groups is 1. The third kappa shape index (κ3) is 1.69. The molecule has 0 aliphatic rings. The lowest BCUT2D eigenvalue weighted by Crippen LogP contribution is -1.98. The number of benzene rings is 1. The van der Waals surface area contributed by atoms with Gasteiger partial charge in [-0.3, -0.25) is 4.79 Å². The van der Waals surface area contributed by atoms with Crippen LogP contribution in [0.2, 0.25) is 0 Å². The molecule has 0 unspecified atom stereocenters. The van der Waals surface area contributed by atoms with E-state index in [4.69, 9.17) is 0 Å². The van der Waals surface area contributed by atoms with Gasteiger partial charge in [-0.15, -0.1) is 0 Å². The molecular formula is C11H10N2O2. The number of phenolic OH excluding ortho intramolecular Hbond substituents is 1. The number of amides is 1. The summed E-state index contributed by atoms with van der Waals surface area (Å²) >= 11 is 0. The molecule has 0 saturated heterocycles. The van der Waals surface area contributed by atoms with Crippen LogP contribution in [0.3, 0.4) is 0 Å². The molecule has 1 aromatic heterocycles. The largest absolute Gasteiger partial charge is 0.507 e. The molecule has 3 N–H and O–H groups in total. The average Bonchev–Trinajstić information content (AvgIpc) is 2.69. The first kappa shape index (κ1) is 9.33. The van der Waals surface area contributed by atoms with Crippen molar-refractivity contribution in [3.8, 4) is 5.75 Å². The van der Waals surface area contributed by atoms with Crippen molar-refractivity contribution in [3.63, 3.8) is 0 Å². The van der Waals surface area contributed by atoms with E-state index >= 15 is 0 Å². The van der Waals surface area contributed by atoms with E-state index in [1.165, 1.54) is 6.20 Å². The molecule has 0 atom stereocenters. The quantitative estimate of drug-likeness (QED) is 0.662. The lowest BCUT2D eigenvalue weighted by Gasteiger charge is -2.00. The fraction of sp³-hybridized carbons (Fsp3) is 0. The Balaban J connectivity index is 2.51. The zero-order chi connectivity index (χ0) is 10.7. The van der Waals surface area contributed by atoms with Crippen molar-refractivity contribution in [1.29, 1.82) is 0 Å². The van der Waals surface area contributed by atoms with Gasteiger partial charge in [0.15, 0.2) is 0 Å². The highest BCUT2D eigenvalue weighted by molar-refractivity contribution is 5.91. The van der Waals surface area contributed by atoms with Gasteiger partial charge in [-0.2, -0.15) is 0 Å². The first-order valence-electron chi connectivity index (χ1n) is 4.48. The normalized spacial score (nSPS) is 10.9. The monoisotopic (exact) mass is 202 g/mol. The lowest BCUT2D eigenvalue weighted by atomic mass is 10.1. The van der Waals surface area contributed by atoms with E-state index in [9.17, 15) is 9.90 Å². The summed E-state index contributed by atoms with van der Waals surface area (Å²) in [6.45, 7) is 0. The highest BCUT2D eigenvalue weighted by Gasteiger charge is 2.03. The maximum atomic E-state index is 10.1. The minimum absolute atomic E-state index is 0.186. The van der Waals surface area contributed by atoms with Crippen molar-refractivity contribution in [3.05, 3.63) is 36.2 Å². The molecule has 76 valence electrons. The number of aromatic hydroxyl groups is 1. The van der Waals surface area contributed by atoms with Crippen LogP contribution in [0.15, 0.2) is 30.6 Å². The Kier molecular flexibility index (Phi) is 2.41. The smallest absolute Gasteiger partial charge is 0.211 e. The molecule has 0 fully saturated rings. The molecule has 1 aromatic carbocycles. The van der Waals surface area contributed by atoms with Crippen LogP contribution in [0.4, 0.5) is 0 Å². The topological polar surface area (TPSA) is 65.1 Å². The molecule has 4 heteroatoms. The molecular weight excluding hydrogens is 192 g/mol. The second-order valence-electron chi connectivity index (χ2n) is 3.06. The standard InChI is InChI=1S/C11H10N2O2/c14-7-12-5-3-9-8-4-6-13-10(8)1-2-11(9)15/h1-7,13,15H,(H,12,14). The Morgan fingerprint density at radius 1 is 1.33 bits per heavy atom. The van der Waals surface area contributed by atoms with Crippen molar-refractivity contribution in [2.24, 2.45) is 0 Å². The van der Waals surface area contributed by atoms with E-state index in [2.05, 4.69) is 10.3 Å². The van der Waals surface area contributed by atoms with Crippen LogP contribution < -0.4 is 5.32 Å². The van der Waals surface area contributed by atoms with E-state index in [1.807, 2.05) is 6.07 Å². The number of fused-ring (bicyclic) bond motifs is 1. The van der Waals surface area contributed by atoms with Gasteiger partial charge in [-0.25, -0.2) is 0 Å². The molecule has 0 saturated carbocycles. The number of rotatable bonds is 3. The summed E-state index contributed by atoms with van der Waals surface area (Å²) in [4.78, 5) is 13.1. The summed E-state index contributed by atoms with van der Waals surface area (Å²) in [5.74, 6) is 0.186. The van der Waals surface area contributed by atoms with Crippen molar-refractivity contribution in [2.75, 3.05) is 0 Å². The number of aromatic amines is 1. The summed E-state index contributed by atoms with van der Waals surface area (Å²) in [7, 11) is 0. The van der Waals surface area contributed by atoms with E-state index < -0.39 is 0 Å². The second-order valence-corrected chi connectivity index (χ2v) is 3.06. The van der Waals surface area contributed by atoms with Gasteiger partial charge in [0, 0.05) is 28.9 Å². The number of carbonyl (C=O) groups excluding carboxylic acids is 1. The van der Waals surface area contributed by atoms with Crippen molar-refractivity contribution in [1.82, 2.24) is 10.3 Å². The number of aromatic nitrogens is 1. The first-order valence-corrected chi connectivity index (χ1v) is 4.48. The van der Waals surface area contributed by atoms with Gasteiger partial charge < -0.3 is 15.4 Å². The average molecular weight is 202 g/mol. The van der Waals surface area contributed by atoms with Crippen molar-refractivity contribution >= 4 is 23.4 Å². The van der Waals surface area contributed by atoms with E-state index in [1.54, 1.807) is 24.4 Å². The van der Waals surface area contributed by atoms with Crippen LogP contribution in [0.25, 0.3) is 17.0 Å². The molecule has 15 heavy (non-hydrogen) atoms. The maximum absolute atomic E-state index is 10.1. The predicted molar refractivity (Wildman–Crippen MR) is 58.2 cm³/mol. The van der Waals surface area contributed by atoms with E-state index in [0.717, 1.165) is 10.9 Å². The molecule has 0 spiro atoms. The fourth-order valence-corrected chi connectivity index (χ4v) is 1.49. The minimum atomic E-state index is 0.186. The summed E-state index contributed by atoms with van der Waals surface area (Å²) < 4.78 is 0. The van der Waals surface area contributed by atoms with Crippen LogP contribution >= 0.6 is 0 Å². The number of hydrogen-bond acceptors (Lipinski definition) is 2. The SMILES string of the molecule is O=CNC=Cc1c(O)ccc2[nH]ccc12. The Hall–Kier alpha value is -2.23. The van der Waals surface area contributed by atoms with Crippen LogP contribution in [-0.2, 0) is 4.79 Å². The summed E-state index contributed by atoms with van der Waals surface area (Å²) in [6, 6.07) is 5.28. The third-order valence-corrected chi connectivity index (χ3v) is 2.17. The first-order chi connectivity index (χ1) is 7.33. The Bertz CT molecular complexity index is 514. The van der Waals surface area contributed by atoms with Crippen LogP contribution in [0, 0.1) is 0 Å². The van der Waals surface area contributed by atoms with Crippen LogP contribution in [0.5, 0.6) is 5.75 Å². The lowest BCUT2D eigenvalue weighted by molar-refractivity contribution is -0.108. The Labute approximate surface area is 86.2 Å². The van der Waals surface area contributed by atoms with Crippen LogP contribution in [-0.4, -0.2) is 16.5 Å². The summed E-state index contributed by atoms with van der Waals surface area (Å²) in [5.41, 5.74) is 1.63.